The molecule has 0 bridgehead atoms. The number of aryl methyl sites for hydroxylation is 1. The Morgan fingerprint density at radius 1 is 0.947 bits per heavy atom. The summed E-state index contributed by atoms with van der Waals surface area (Å²) < 4.78 is 0. The highest BCUT2D eigenvalue weighted by molar-refractivity contribution is 7.80. The molecule has 0 aliphatic rings. The van der Waals surface area contributed by atoms with E-state index in [0.29, 0.717) is 0 Å². The molecule has 2 aromatic rings. The van der Waals surface area contributed by atoms with Gasteiger partial charge in [0.1, 0.15) is 0 Å². The van der Waals surface area contributed by atoms with Crippen LogP contribution in [0.5, 0.6) is 0 Å². The average Bonchev–Trinajstić information content (AvgIpc) is 2.27. The van der Waals surface area contributed by atoms with Crippen molar-refractivity contribution in [3.8, 4) is 11.1 Å². The molecule has 0 N–H and O–H groups in total. The second-order valence-corrected chi connectivity index (χ2v) is 6.69. The molecule has 1 heteroatoms. The Balaban J connectivity index is 2.77. The smallest absolute Gasteiger partial charge is 0.00831 e. The van der Waals surface area contributed by atoms with Gasteiger partial charge in [-0.25, -0.2) is 0 Å². The molecule has 0 aliphatic heterocycles. The van der Waals surface area contributed by atoms with Gasteiger partial charge in [-0.15, -0.1) is 12.6 Å². The van der Waals surface area contributed by atoms with Gasteiger partial charge in [0.2, 0.25) is 0 Å². The van der Waals surface area contributed by atoms with Crippen LogP contribution in [0.1, 0.15) is 37.5 Å². The molecule has 0 aliphatic carbocycles. The van der Waals surface area contributed by atoms with Crippen molar-refractivity contribution < 1.29 is 0 Å². The van der Waals surface area contributed by atoms with Gasteiger partial charge in [-0.05, 0) is 53.1 Å². The van der Waals surface area contributed by atoms with Gasteiger partial charge < -0.3 is 0 Å². The largest absolute Gasteiger partial charge is 0.143 e. The lowest BCUT2D eigenvalue weighted by atomic mass is 9.80. The predicted octanol–water partition coefficient (Wildman–Crippen LogP) is 5.56. The Labute approximate surface area is 122 Å². The number of hydrogen-bond donors (Lipinski definition) is 1. The van der Waals surface area contributed by atoms with Crippen molar-refractivity contribution >= 4 is 12.6 Å². The summed E-state index contributed by atoms with van der Waals surface area (Å²) in [6, 6.07) is 12.8. The fraction of sp³-hybridized carbons (Fsp3) is 0.333. The molecule has 100 valence electrons. The normalized spacial score (nSPS) is 11.7. The minimum absolute atomic E-state index is 0.110. The number of hydrogen-bond acceptors (Lipinski definition) is 1. The molecule has 0 fully saturated rings. The summed E-state index contributed by atoms with van der Waals surface area (Å²) in [7, 11) is 0. The lowest BCUT2D eigenvalue weighted by Gasteiger charge is -2.27. The van der Waals surface area contributed by atoms with E-state index in [2.05, 4.69) is 71.0 Å². The first-order valence-corrected chi connectivity index (χ1v) is 7.16. The topological polar surface area (TPSA) is 0 Å². The zero-order valence-corrected chi connectivity index (χ0v) is 13.3. The van der Waals surface area contributed by atoms with Crippen LogP contribution in [0.2, 0.25) is 0 Å². The molecule has 0 heterocycles. The predicted molar refractivity (Wildman–Crippen MR) is 87.3 cm³/mol. The summed E-state index contributed by atoms with van der Waals surface area (Å²) in [5.74, 6) is 0. The molecule has 0 aromatic heterocycles. The fourth-order valence-corrected chi connectivity index (χ4v) is 3.65. The second kappa shape index (κ2) is 5.05. The highest BCUT2D eigenvalue weighted by Gasteiger charge is 2.22. The van der Waals surface area contributed by atoms with Crippen molar-refractivity contribution in [2.24, 2.45) is 0 Å². The Morgan fingerprint density at radius 3 is 2.05 bits per heavy atom. The van der Waals surface area contributed by atoms with Crippen LogP contribution in [0.15, 0.2) is 41.3 Å². The van der Waals surface area contributed by atoms with Crippen molar-refractivity contribution in [1.82, 2.24) is 0 Å². The van der Waals surface area contributed by atoms with Gasteiger partial charge in [-0.1, -0.05) is 51.1 Å². The molecule has 0 unspecified atom stereocenters. The third-order valence-corrected chi connectivity index (χ3v) is 3.92. The average molecular weight is 270 g/mol. The molecule has 0 amide bonds. The summed E-state index contributed by atoms with van der Waals surface area (Å²) in [6.45, 7) is 11.1. The Hall–Kier alpha value is -1.21. The lowest BCUT2D eigenvalue weighted by molar-refractivity contribution is 0.574. The van der Waals surface area contributed by atoms with Gasteiger partial charge in [0, 0.05) is 4.90 Å². The lowest BCUT2D eigenvalue weighted by Crippen LogP contribution is -2.15. The summed E-state index contributed by atoms with van der Waals surface area (Å²) >= 11 is 4.69. The van der Waals surface area contributed by atoms with Crippen LogP contribution in [-0.4, -0.2) is 0 Å². The minimum atomic E-state index is 0.110. The van der Waals surface area contributed by atoms with Crippen LogP contribution in [0, 0.1) is 13.8 Å². The monoisotopic (exact) mass is 270 g/mol. The van der Waals surface area contributed by atoms with E-state index in [1.807, 2.05) is 0 Å². The fourth-order valence-electron chi connectivity index (χ4n) is 2.96. The third-order valence-electron chi connectivity index (χ3n) is 3.57. The van der Waals surface area contributed by atoms with E-state index >= 15 is 0 Å². The number of benzene rings is 2. The Morgan fingerprint density at radius 2 is 1.53 bits per heavy atom. The first-order valence-electron chi connectivity index (χ1n) is 6.71. The van der Waals surface area contributed by atoms with Crippen molar-refractivity contribution in [2.45, 2.75) is 44.9 Å². The zero-order chi connectivity index (χ0) is 14.2. The van der Waals surface area contributed by atoms with E-state index in [4.69, 9.17) is 12.6 Å². The third kappa shape index (κ3) is 2.71. The Bertz CT molecular complexity index is 589. The number of thiol groups is 1. The molecule has 2 rings (SSSR count). The van der Waals surface area contributed by atoms with E-state index in [-0.39, 0.29) is 5.41 Å². The van der Waals surface area contributed by atoms with E-state index in [9.17, 15) is 0 Å². The SMILES string of the molecule is Cc1cc(S)c(C(C)(C)C)c(C)c1-c1ccccc1. The maximum absolute atomic E-state index is 4.69. The standard InChI is InChI=1S/C18H22S/c1-12-11-15(19)17(18(3,4)5)13(2)16(12)14-9-7-6-8-10-14/h6-11,19H,1-5H3. The van der Waals surface area contributed by atoms with Crippen LogP contribution in [0.25, 0.3) is 11.1 Å². The molecule has 0 nitrogen and oxygen atoms in total. The van der Waals surface area contributed by atoms with Gasteiger partial charge in [-0.3, -0.25) is 0 Å². The van der Waals surface area contributed by atoms with E-state index in [1.54, 1.807) is 0 Å². The van der Waals surface area contributed by atoms with Crippen LogP contribution in [0.3, 0.4) is 0 Å². The molecule has 2 aromatic carbocycles. The molecule has 19 heavy (non-hydrogen) atoms. The van der Waals surface area contributed by atoms with Crippen molar-refractivity contribution in [1.29, 1.82) is 0 Å². The van der Waals surface area contributed by atoms with Crippen LogP contribution >= 0.6 is 12.6 Å². The molecule has 0 atom stereocenters. The zero-order valence-electron chi connectivity index (χ0n) is 12.4. The molecular weight excluding hydrogens is 248 g/mol. The van der Waals surface area contributed by atoms with Gasteiger partial charge >= 0.3 is 0 Å². The van der Waals surface area contributed by atoms with Gasteiger partial charge in [0.25, 0.3) is 0 Å². The molecule has 0 spiro atoms. The van der Waals surface area contributed by atoms with Crippen LogP contribution in [-0.2, 0) is 5.41 Å². The maximum Gasteiger partial charge on any atom is 0.00831 e. The molecule has 0 saturated heterocycles. The summed E-state index contributed by atoms with van der Waals surface area (Å²) in [6.07, 6.45) is 0. The van der Waals surface area contributed by atoms with E-state index in [0.717, 1.165) is 4.90 Å². The van der Waals surface area contributed by atoms with Gasteiger partial charge in [0.05, 0.1) is 0 Å². The first-order chi connectivity index (χ1) is 8.82. The summed E-state index contributed by atoms with van der Waals surface area (Å²) in [5.41, 5.74) is 6.74. The number of rotatable bonds is 1. The van der Waals surface area contributed by atoms with Gasteiger partial charge in [0.15, 0.2) is 0 Å². The minimum Gasteiger partial charge on any atom is -0.143 e. The molecule has 0 radical (unpaired) electrons. The maximum atomic E-state index is 4.69. The summed E-state index contributed by atoms with van der Waals surface area (Å²) in [4.78, 5) is 1.10. The van der Waals surface area contributed by atoms with Crippen LogP contribution < -0.4 is 0 Å². The highest BCUT2D eigenvalue weighted by Crippen LogP contribution is 2.38. The van der Waals surface area contributed by atoms with Crippen molar-refractivity contribution in [2.75, 3.05) is 0 Å². The Kier molecular flexibility index (Phi) is 3.78. The first kappa shape index (κ1) is 14.2. The second-order valence-electron chi connectivity index (χ2n) is 6.20. The van der Waals surface area contributed by atoms with E-state index in [1.165, 1.54) is 27.8 Å². The van der Waals surface area contributed by atoms with Crippen molar-refractivity contribution in [3.63, 3.8) is 0 Å². The van der Waals surface area contributed by atoms with Gasteiger partial charge in [-0.2, -0.15) is 0 Å². The highest BCUT2D eigenvalue weighted by atomic mass is 32.1. The van der Waals surface area contributed by atoms with Crippen LogP contribution in [0.4, 0.5) is 0 Å². The molecule has 0 saturated carbocycles. The molecular formula is C18H22S. The quantitative estimate of drug-likeness (QED) is 0.645. The van der Waals surface area contributed by atoms with E-state index < -0.39 is 0 Å². The summed E-state index contributed by atoms with van der Waals surface area (Å²) in [5, 5.41) is 0. The van der Waals surface area contributed by atoms with Crippen molar-refractivity contribution in [3.05, 3.63) is 53.1 Å².